The SMILES string of the molecule is CCO.CCOc1nc(NCc2ccccc2O)nc(Nc2ccc(C(=O)OC)c(O)c2)n1.CCOc1nc2nc(n1)Nc1ccc(C(=O)OC)c(c1)OCCCCCCOc1ccccc1CN2.COC(=O)c1ccc(N)cc1O.Clc1nc(Cl)nc(Cl)n1.NCc1ccccc1O. The van der Waals surface area contributed by atoms with E-state index in [4.69, 9.17) is 80.2 Å². The number of anilines is 7. The summed E-state index contributed by atoms with van der Waals surface area (Å²) in [4.78, 5) is 71.0. The number of phenolic OH excluding ortho intramolecular Hbond substituents is 4. The maximum Gasteiger partial charge on any atom is 0.341 e. The number of phenols is 4. The molecule has 4 bridgehead atoms. The van der Waals surface area contributed by atoms with Crippen molar-refractivity contribution in [3.63, 3.8) is 0 Å². The van der Waals surface area contributed by atoms with Crippen molar-refractivity contribution in [2.24, 2.45) is 5.73 Å². The Hall–Kier alpha value is -11.1. The van der Waals surface area contributed by atoms with E-state index in [1.165, 1.54) is 51.7 Å². The van der Waals surface area contributed by atoms with E-state index in [9.17, 15) is 29.7 Å². The van der Waals surface area contributed by atoms with Crippen molar-refractivity contribution in [3.8, 4) is 46.5 Å². The Morgan fingerprint density at radius 3 is 1.61 bits per heavy atom. The third-order valence-electron chi connectivity index (χ3n) is 12.7. The quantitative estimate of drug-likeness (QED) is 0.0290. The van der Waals surface area contributed by atoms with Crippen molar-refractivity contribution in [3.05, 3.63) is 177 Å². The number of nitrogens with one attached hydrogen (secondary N) is 4. The third kappa shape index (κ3) is 27.2. The lowest BCUT2D eigenvalue weighted by molar-refractivity contribution is 0.0587. The van der Waals surface area contributed by atoms with Gasteiger partial charge in [-0.05, 0) is 136 Å². The van der Waals surface area contributed by atoms with Crippen molar-refractivity contribution in [2.75, 3.05) is 81.4 Å². The predicted octanol–water partition coefficient (Wildman–Crippen LogP) is 11.0. The largest absolute Gasteiger partial charge is 0.508 e. The molecule has 0 unspecified atom stereocenters. The number of aromatic nitrogens is 9. The number of aromatic hydroxyl groups is 4. The van der Waals surface area contributed by atoms with Crippen LogP contribution in [-0.2, 0) is 33.8 Å². The number of aliphatic hydroxyl groups excluding tert-OH is 1. The fourth-order valence-corrected chi connectivity index (χ4v) is 8.67. The second kappa shape index (κ2) is 42.5. The summed E-state index contributed by atoms with van der Waals surface area (Å²) in [5.41, 5.74) is 15.1. The van der Waals surface area contributed by atoms with Gasteiger partial charge in [0.1, 0.15) is 51.2 Å². The van der Waals surface area contributed by atoms with Crippen molar-refractivity contribution in [1.29, 1.82) is 0 Å². The average molecular weight is 1430 g/mol. The van der Waals surface area contributed by atoms with Crippen molar-refractivity contribution < 1.29 is 73.1 Å². The van der Waals surface area contributed by atoms with Crippen molar-refractivity contribution in [2.45, 2.75) is 66.1 Å². The minimum Gasteiger partial charge on any atom is -0.508 e. The van der Waals surface area contributed by atoms with Gasteiger partial charge < -0.3 is 91.4 Å². The molecular formula is C66H76Cl3N15O15. The van der Waals surface area contributed by atoms with Crippen LogP contribution in [0.2, 0.25) is 15.9 Å². The fraction of sp³-hybridized carbons (Fsp3) is 0.273. The Bertz CT molecular complexity index is 3990. The molecule has 0 saturated heterocycles. The number of hydrogen-bond acceptors (Lipinski definition) is 30. The Kier molecular flexibility index (Phi) is 33.8. The van der Waals surface area contributed by atoms with E-state index in [0.29, 0.717) is 79.4 Å². The van der Waals surface area contributed by atoms with Gasteiger partial charge in [0.25, 0.3) is 0 Å². The summed E-state index contributed by atoms with van der Waals surface area (Å²) in [6, 6.07) is 35.9. The van der Waals surface area contributed by atoms with Crippen LogP contribution in [0.3, 0.4) is 0 Å². The number of hydrogen-bond donors (Lipinski definition) is 11. The Morgan fingerprint density at radius 2 is 1.05 bits per heavy atom. The number of rotatable bonds is 13. The summed E-state index contributed by atoms with van der Waals surface area (Å²) < 4.78 is 36.9. The monoisotopic (exact) mass is 1420 g/mol. The van der Waals surface area contributed by atoms with Gasteiger partial charge in [0.05, 0.1) is 47.8 Å². The van der Waals surface area contributed by atoms with Gasteiger partial charge in [-0.3, -0.25) is 0 Å². The molecule has 0 fully saturated rings. The summed E-state index contributed by atoms with van der Waals surface area (Å²) in [6.45, 7) is 8.61. The third-order valence-corrected chi connectivity index (χ3v) is 13.2. The van der Waals surface area contributed by atoms with E-state index in [0.717, 1.165) is 42.6 Å². The molecule has 0 aliphatic carbocycles. The van der Waals surface area contributed by atoms with Crippen LogP contribution in [0, 0.1) is 0 Å². The number of esters is 3. The average Bonchev–Trinajstić information content (AvgIpc) is 1.03. The molecule has 0 spiro atoms. The van der Waals surface area contributed by atoms with E-state index in [-0.39, 0.29) is 93.0 Å². The molecule has 0 amide bonds. The Balaban J connectivity index is 0.000000247. The highest BCUT2D eigenvalue weighted by atomic mass is 35.5. The molecule has 0 atom stereocenters. The number of ether oxygens (including phenoxy) is 7. The lowest BCUT2D eigenvalue weighted by Crippen LogP contribution is -2.10. The maximum atomic E-state index is 12.2. The molecule has 0 saturated carbocycles. The Labute approximate surface area is 585 Å². The van der Waals surface area contributed by atoms with Gasteiger partial charge in [0.2, 0.25) is 39.6 Å². The zero-order valence-corrected chi connectivity index (χ0v) is 57.0. The van der Waals surface area contributed by atoms with Crippen molar-refractivity contribution in [1.82, 2.24) is 44.9 Å². The van der Waals surface area contributed by atoms with E-state index >= 15 is 0 Å². The normalized spacial score (nSPS) is 11.3. The molecule has 9 aromatic rings. The highest BCUT2D eigenvalue weighted by Gasteiger charge is 2.18. The first-order chi connectivity index (χ1) is 47.7. The smallest absolute Gasteiger partial charge is 0.341 e. The number of halogens is 3. The standard InChI is InChI=1S/C26H31N5O5.C20H21N5O5.C8H9NO3.C7H9NO.C3Cl3N3.C2H6O/c1-3-34-26-30-24-27-17-18-10-6-7-11-21(18)35-14-8-4-5-9-15-36-22-16-19(28-25(29-24)31-26)12-13-20(22)23(32)33-2;1-3-30-20-24-18(21-11-12-6-4-5-7-15(12)26)23-19(25-20)22-13-8-9-14(16(27)10-13)17(28)29-2;1-12-8(11)6-3-2-5(9)4-7(6)10;8-5-6-3-1-2-4-7(6)9;4-1-7-2(5)9-3(6)8-1;1-2-3/h6-7,10-13,16H,3-5,8-9,14-15,17H2,1-2H3,(H2,27,28,29,30,31);4-10,26-27H,3,11H2,1-2H3,(H2,21,22,23,24,25);2-4,10H,9H2,1H3;1-4,9H,5,8H2;;3H,2H2,1H3. The summed E-state index contributed by atoms with van der Waals surface area (Å²) >= 11 is 16.0. The Morgan fingerprint density at radius 1 is 0.545 bits per heavy atom. The molecule has 1 aliphatic rings. The highest BCUT2D eigenvalue weighted by molar-refractivity contribution is 6.33. The first-order valence-corrected chi connectivity index (χ1v) is 31.4. The minimum absolute atomic E-state index is 0.000000000000000444. The number of aliphatic hydroxyl groups is 1. The number of nitrogens with zero attached hydrogens (tertiary/aromatic N) is 9. The van der Waals surface area contributed by atoms with Gasteiger partial charge in [-0.15, -0.1) is 0 Å². The molecule has 0 radical (unpaired) electrons. The van der Waals surface area contributed by atoms with Crippen molar-refractivity contribution >= 4 is 93.6 Å². The number of carbonyl (C=O) groups is 3. The van der Waals surface area contributed by atoms with E-state index in [1.807, 2.05) is 43.3 Å². The number of nitrogen functional groups attached to an aromatic ring is 1. The molecule has 10 rings (SSSR count). The van der Waals surface area contributed by atoms with Crippen LogP contribution in [0.1, 0.15) is 94.2 Å². The zero-order chi connectivity index (χ0) is 72.1. The van der Waals surface area contributed by atoms with Crippen LogP contribution >= 0.6 is 34.8 Å². The molecule has 1 aliphatic heterocycles. The van der Waals surface area contributed by atoms with E-state index in [2.05, 4.69) is 75.6 Å². The van der Waals surface area contributed by atoms with Gasteiger partial charge in [0, 0.05) is 78.2 Å². The van der Waals surface area contributed by atoms with E-state index in [1.54, 1.807) is 74.5 Å². The first-order valence-electron chi connectivity index (χ1n) is 30.3. The van der Waals surface area contributed by atoms with Crippen LogP contribution in [0.15, 0.2) is 127 Å². The van der Waals surface area contributed by atoms with Crippen LogP contribution in [0.4, 0.5) is 40.9 Å². The summed E-state index contributed by atoms with van der Waals surface area (Å²) in [6.07, 6.45) is 3.79. The highest BCUT2D eigenvalue weighted by Crippen LogP contribution is 2.30. The lowest BCUT2D eigenvalue weighted by atomic mass is 10.1. The van der Waals surface area contributed by atoms with Gasteiger partial charge in [-0.2, -0.15) is 44.9 Å². The molecule has 13 N–H and O–H groups in total. The maximum absolute atomic E-state index is 12.2. The van der Waals surface area contributed by atoms with E-state index < -0.39 is 17.9 Å². The molecule has 3 aromatic heterocycles. The number of nitrogens with two attached hydrogens (primary N) is 2. The number of benzene rings is 6. The number of methoxy groups -OCH3 is 3. The molecule has 4 heterocycles. The number of fused-ring (bicyclic) bond motifs is 5. The zero-order valence-electron chi connectivity index (χ0n) is 54.7. The summed E-state index contributed by atoms with van der Waals surface area (Å²) in [5.74, 6) is 0.637. The first kappa shape index (κ1) is 78.6. The minimum atomic E-state index is -0.645. The summed E-state index contributed by atoms with van der Waals surface area (Å²) in [7, 11) is 3.83. The molecule has 526 valence electrons. The van der Waals surface area contributed by atoms with Gasteiger partial charge in [-0.25, -0.2) is 14.4 Å². The molecular weight excluding hydrogens is 1350 g/mol. The van der Waals surface area contributed by atoms with Gasteiger partial charge >= 0.3 is 29.9 Å². The second-order valence-electron chi connectivity index (χ2n) is 19.7. The van der Waals surface area contributed by atoms with Gasteiger partial charge in [-0.1, -0.05) is 54.6 Å². The topological polar surface area (TPSA) is 433 Å². The molecule has 33 heteroatoms. The molecule has 30 nitrogen and oxygen atoms in total. The predicted molar refractivity (Wildman–Crippen MR) is 372 cm³/mol. The number of carbonyl (C=O) groups excluding carboxylic acids is 3. The number of para-hydroxylation sites is 3. The summed E-state index contributed by atoms with van der Waals surface area (Å²) in [5, 5.41) is 58.1. The fourth-order valence-electron chi connectivity index (χ4n) is 8.06. The lowest BCUT2D eigenvalue weighted by Gasteiger charge is -2.14. The van der Waals surface area contributed by atoms with Crippen LogP contribution in [0.25, 0.3) is 0 Å². The second-order valence-corrected chi connectivity index (χ2v) is 20.7. The molecule has 6 aromatic carbocycles. The van der Waals surface area contributed by atoms with Crippen LogP contribution in [0.5, 0.6) is 46.5 Å². The van der Waals surface area contributed by atoms with Crippen LogP contribution in [-0.4, -0.2) is 143 Å². The molecule has 99 heavy (non-hydrogen) atoms. The van der Waals surface area contributed by atoms with Crippen LogP contribution < -0.4 is 51.7 Å². The van der Waals surface area contributed by atoms with Gasteiger partial charge in [0.15, 0.2) is 0 Å².